The van der Waals surface area contributed by atoms with Gasteiger partial charge in [-0.2, -0.15) is 5.10 Å². The fourth-order valence-electron chi connectivity index (χ4n) is 2.78. The molecule has 2 aliphatic rings. The van der Waals surface area contributed by atoms with E-state index >= 15 is 0 Å². The first kappa shape index (κ1) is 11.8. The average Bonchev–Trinajstić information content (AvgIpc) is 2.76. The van der Waals surface area contributed by atoms with Gasteiger partial charge in [-0.25, -0.2) is 0 Å². The van der Waals surface area contributed by atoms with Crippen molar-refractivity contribution in [3.8, 4) is 0 Å². The van der Waals surface area contributed by atoms with Crippen molar-refractivity contribution in [2.75, 3.05) is 5.32 Å². The molecule has 18 heavy (non-hydrogen) atoms. The van der Waals surface area contributed by atoms with Crippen LogP contribution >= 0.6 is 0 Å². The first-order chi connectivity index (χ1) is 8.83. The fourth-order valence-corrected chi connectivity index (χ4v) is 2.78. The molecule has 0 saturated heterocycles. The average molecular weight is 246 g/mol. The van der Waals surface area contributed by atoms with E-state index in [0.717, 1.165) is 37.2 Å². The number of H-pyrrole nitrogens is 1. The molecule has 3 rings (SSSR count). The second kappa shape index (κ2) is 5.12. The lowest BCUT2D eigenvalue weighted by Gasteiger charge is -2.22. The molecule has 97 valence electrons. The van der Waals surface area contributed by atoms with Crippen LogP contribution in [0.1, 0.15) is 56.6 Å². The lowest BCUT2D eigenvalue weighted by atomic mass is 9.83. The van der Waals surface area contributed by atoms with Crippen molar-refractivity contribution in [3.63, 3.8) is 0 Å². The van der Waals surface area contributed by atoms with Crippen LogP contribution in [0.15, 0.2) is 6.07 Å². The molecule has 2 fully saturated rings. The zero-order valence-corrected chi connectivity index (χ0v) is 10.6. The van der Waals surface area contributed by atoms with Crippen LogP contribution in [-0.4, -0.2) is 16.1 Å². The molecule has 0 aromatic carbocycles. The maximum atomic E-state index is 12.1. The molecular formula is C14H20N3O. The maximum absolute atomic E-state index is 12.1. The minimum Gasteiger partial charge on any atom is -0.311 e. The number of anilines is 1. The van der Waals surface area contributed by atoms with Crippen molar-refractivity contribution in [1.29, 1.82) is 0 Å². The zero-order valence-electron chi connectivity index (χ0n) is 10.6. The Morgan fingerprint density at radius 1 is 1.28 bits per heavy atom. The number of aromatic amines is 1. The van der Waals surface area contributed by atoms with Gasteiger partial charge in [0.1, 0.15) is 5.82 Å². The molecular weight excluding hydrogens is 226 g/mol. The van der Waals surface area contributed by atoms with Gasteiger partial charge in [-0.3, -0.25) is 9.89 Å². The van der Waals surface area contributed by atoms with Crippen LogP contribution < -0.4 is 5.32 Å². The van der Waals surface area contributed by atoms with Crippen LogP contribution in [0, 0.1) is 12.3 Å². The summed E-state index contributed by atoms with van der Waals surface area (Å²) in [6.07, 6.45) is 10.2. The number of hydrogen-bond donors (Lipinski definition) is 2. The molecule has 4 heteroatoms. The highest BCUT2D eigenvalue weighted by Gasteiger charge is 2.24. The van der Waals surface area contributed by atoms with Gasteiger partial charge < -0.3 is 5.32 Å². The topological polar surface area (TPSA) is 57.8 Å². The third kappa shape index (κ3) is 2.42. The fraction of sp³-hybridized carbons (Fsp3) is 0.643. The van der Waals surface area contributed by atoms with E-state index in [1.54, 1.807) is 0 Å². The Morgan fingerprint density at radius 2 is 2.06 bits per heavy atom. The predicted molar refractivity (Wildman–Crippen MR) is 70.1 cm³/mol. The van der Waals surface area contributed by atoms with E-state index in [1.807, 2.05) is 6.07 Å². The summed E-state index contributed by atoms with van der Waals surface area (Å²) < 4.78 is 0. The van der Waals surface area contributed by atoms with Crippen molar-refractivity contribution in [3.05, 3.63) is 18.2 Å². The number of rotatable bonds is 3. The highest BCUT2D eigenvalue weighted by Crippen LogP contribution is 2.35. The third-order valence-corrected chi connectivity index (χ3v) is 4.15. The molecule has 0 bridgehead atoms. The number of hydrogen-bond acceptors (Lipinski definition) is 2. The van der Waals surface area contributed by atoms with Gasteiger partial charge in [-0.1, -0.05) is 19.3 Å². The minimum absolute atomic E-state index is 0.157. The number of amides is 1. The van der Waals surface area contributed by atoms with Crippen LogP contribution in [0.25, 0.3) is 0 Å². The van der Waals surface area contributed by atoms with E-state index in [-0.39, 0.29) is 11.8 Å². The maximum Gasteiger partial charge on any atom is 0.228 e. The van der Waals surface area contributed by atoms with Gasteiger partial charge in [0.2, 0.25) is 5.91 Å². The van der Waals surface area contributed by atoms with Crippen LogP contribution in [0.5, 0.6) is 0 Å². The summed E-state index contributed by atoms with van der Waals surface area (Å²) in [5.74, 6) is 1.67. The van der Waals surface area contributed by atoms with Crippen LogP contribution in [-0.2, 0) is 4.79 Å². The Bertz CT molecular complexity index is 416. The number of carbonyl (C=O) groups excluding carboxylic acids is 1. The molecule has 1 amide bonds. The Balaban J connectivity index is 1.57. The van der Waals surface area contributed by atoms with Crippen molar-refractivity contribution < 1.29 is 4.79 Å². The lowest BCUT2D eigenvalue weighted by Crippen LogP contribution is -2.24. The summed E-state index contributed by atoms with van der Waals surface area (Å²) in [6, 6.07) is 1.98. The van der Waals surface area contributed by atoms with E-state index in [0.29, 0.717) is 5.92 Å². The van der Waals surface area contributed by atoms with E-state index < -0.39 is 0 Å². The number of nitrogens with zero attached hydrogens (tertiary/aromatic N) is 1. The monoisotopic (exact) mass is 246 g/mol. The van der Waals surface area contributed by atoms with Crippen molar-refractivity contribution in [1.82, 2.24) is 10.2 Å². The van der Waals surface area contributed by atoms with Gasteiger partial charge in [-0.15, -0.1) is 0 Å². The Labute approximate surface area is 108 Å². The second-order valence-corrected chi connectivity index (χ2v) is 5.49. The van der Waals surface area contributed by atoms with Crippen LogP contribution in [0.2, 0.25) is 0 Å². The van der Waals surface area contributed by atoms with Crippen molar-refractivity contribution in [2.24, 2.45) is 5.92 Å². The van der Waals surface area contributed by atoms with Crippen LogP contribution in [0.3, 0.4) is 0 Å². The lowest BCUT2D eigenvalue weighted by molar-refractivity contribution is -0.120. The molecule has 0 spiro atoms. The van der Waals surface area contributed by atoms with E-state index in [1.165, 1.54) is 19.3 Å². The molecule has 0 atom stereocenters. The summed E-state index contributed by atoms with van der Waals surface area (Å²) in [7, 11) is 0. The summed E-state index contributed by atoms with van der Waals surface area (Å²) in [4.78, 5) is 12.1. The first-order valence-corrected chi connectivity index (χ1v) is 7.01. The quantitative estimate of drug-likeness (QED) is 0.861. The normalized spacial score (nSPS) is 21.6. The highest BCUT2D eigenvalue weighted by atomic mass is 16.1. The van der Waals surface area contributed by atoms with Gasteiger partial charge in [0.15, 0.2) is 0 Å². The highest BCUT2D eigenvalue weighted by molar-refractivity contribution is 5.91. The van der Waals surface area contributed by atoms with Crippen molar-refractivity contribution >= 4 is 11.7 Å². The minimum atomic E-state index is 0.157. The van der Waals surface area contributed by atoms with Crippen LogP contribution in [0.4, 0.5) is 5.82 Å². The number of nitrogens with one attached hydrogen (secondary N) is 2. The van der Waals surface area contributed by atoms with E-state index in [4.69, 9.17) is 0 Å². The summed E-state index contributed by atoms with van der Waals surface area (Å²) in [5.41, 5.74) is 1.08. The Morgan fingerprint density at radius 3 is 2.72 bits per heavy atom. The van der Waals surface area contributed by atoms with Crippen molar-refractivity contribution in [2.45, 2.75) is 50.9 Å². The van der Waals surface area contributed by atoms with E-state index in [9.17, 15) is 4.79 Å². The Kier molecular flexibility index (Phi) is 3.35. The summed E-state index contributed by atoms with van der Waals surface area (Å²) in [5, 5.41) is 10.2. The molecule has 2 aliphatic carbocycles. The smallest absolute Gasteiger partial charge is 0.228 e. The number of carbonyl (C=O) groups is 1. The Hall–Kier alpha value is -1.32. The van der Waals surface area contributed by atoms with Gasteiger partial charge in [0.25, 0.3) is 0 Å². The molecule has 2 saturated carbocycles. The summed E-state index contributed by atoms with van der Waals surface area (Å²) >= 11 is 0. The largest absolute Gasteiger partial charge is 0.311 e. The molecule has 0 unspecified atom stereocenters. The zero-order chi connectivity index (χ0) is 12.4. The van der Waals surface area contributed by atoms with Gasteiger partial charge in [0, 0.05) is 17.9 Å². The SMILES string of the molecule is O=C(Nc1cc(C2C[CH]C2)n[nH]1)C1CCCCC1. The second-order valence-electron chi connectivity index (χ2n) is 5.49. The molecule has 1 heterocycles. The number of aromatic nitrogens is 2. The predicted octanol–water partition coefficient (Wildman–Crippen LogP) is 3.01. The standard InChI is InChI=1S/C14H20N3O/c18-14(11-5-2-1-3-6-11)15-13-9-12(16-17-13)10-7-4-8-10/h4,9-11H,1-3,5-8H2,(H2,15,16,17,18). The van der Waals surface area contributed by atoms with Gasteiger partial charge in [0.05, 0.1) is 5.69 Å². The van der Waals surface area contributed by atoms with E-state index in [2.05, 4.69) is 21.9 Å². The van der Waals surface area contributed by atoms with Gasteiger partial charge in [-0.05, 0) is 32.1 Å². The molecule has 4 nitrogen and oxygen atoms in total. The van der Waals surface area contributed by atoms with Gasteiger partial charge >= 0.3 is 0 Å². The third-order valence-electron chi connectivity index (χ3n) is 4.15. The molecule has 1 radical (unpaired) electrons. The summed E-state index contributed by atoms with van der Waals surface area (Å²) in [6.45, 7) is 0. The molecule has 1 aromatic heterocycles. The molecule has 0 aliphatic heterocycles. The first-order valence-electron chi connectivity index (χ1n) is 7.01. The molecule has 2 N–H and O–H groups in total. The molecule has 1 aromatic rings.